The first-order valence-electron chi connectivity index (χ1n) is 8.43. The van der Waals surface area contributed by atoms with Gasteiger partial charge in [-0.1, -0.05) is 58.3 Å². The third kappa shape index (κ3) is 9.99. The molecule has 0 unspecified atom stereocenters. The first kappa shape index (κ1) is 19.5. The summed E-state index contributed by atoms with van der Waals surface area (Å²) >= 11 is 0.496. The van der Waals surface area contributed by atoms with Crippen molar-refractivity contribution in [1.82, 2.24) is 4.98 Å². The van der Waals surface area contributed by atoms with Gasteiger partial charge in [-0.25, -0.2) is 0 Å². The fourth-order valence-corrected chi connectivity index (χ4v) is 2.84. The second kappa shape index (κ2) is 12.0. The third-order valence-electron chi connectivity index (χ3n) is 3.61. The normalized spacial score (nSPS) is 10.7. The van der Waals surface area contributed by atoms with E-state index in [1.54, 1.807) is 12.1 Å². The molecule has 6 nitrogen and oxygen atoms in total. The number of aromatic amines is 1. The van der Waals surface area contributed by atoms with Crippen molar-refractivity contribution in [2.75, 3.05) is 5.32 Å². The van der Waals surface area contributed by atoms with E-state index in [1.165, 1.54) is 44.9 Å². The molecule has 0 aliphatic rings. The van der Waals surface area contributed by atoms with E-state index in [2.05, 4.69) is 17.2 Å². The van der Waals surface area contributed by atoms with E-state index in [-0.39, 0.29) is 5.91 Å². The molecule has 0 saturated carbocycles. The lowest BCUT2D eigenvalue weighted by Crippen LogP contribution is -2.11. The topological polar surface area (TPSA) is 88.0 Å². The second-order valence-electron chi connectivity index (χ2n) is 5.68. The van der Waals surface area contributed by atoms with Gasteiger partial charge in [-0.05, 0) is 18.6 Å². The number of H-pyrrole nitrogens is 1. The summed E-state index contributed by atoms with van der Waals surface area (Å²) in [5.41, 5.74) is 0. The zero-order valence-electron chi connectivity index (χ0n) is 13.8. The molecule has 1 amide bonds. The number of hydrogen-bond acceptors (Lipinski definition) is 4. The van der Waals surface area contributed by atoms with E-state index in [4.69, 9.17) is 0 Å². The van der Waals surface area contributed by atoms with Gasteiger partial charge < -0.3 is 10.3 Å². The number of carbonyl (C=O) groups excluding carboxylic acids is 1. The van der Waals surface area contributed by atoms with Crippen LogP contribution in [0.4, 0.5) is 5.82 Å². The summed E-state index contributed by atoms with van der Waals surface area (Å²) < 4.78 is -0.486. The molecule has 130 valence electrons. The molecular formula is C16H27N3O3S. The lowest BCUT2D eigenvalue weighted by Gasteiger charge is -2.03. The van der Waals surface area contributed by atoms with Gasteiger partial charge in [-0.3, -0.25) is 14.9 Å². The van der Waals surface area contributed by atoms with Crippen molar-refractivity contribution in [2.45, 2.75) is 76.2 Å². The highest BCUT2D eigenvalue weighted by atomic mass is 32.2. The van der Waals surface area contributed by atoms with Crippen LogP contribution in [0, 0.1) is 10.1 Å². The first-order valence-corrected chi connectivity index (χ1v) is 9.20. The molecule has 0 atom stereocenters. The van der Waals surface area contributed by atoms with E-state index in [9.17, 15) is 14.9 Å². The van der Waals surface area contributed by atoms with Crippen LogP contribution in [0.25, 0.3) is 0 Å². The predicted molar refractivity (Wildman–Crippen MR) is 94.1 cm³/mol. The number of nitro groups is 1. The molecule has 7 heteroatoms. The maximum Gasteiger partial charge on any atom is 0.283 e. The predicted octanol–water partition coefficient (Wildman–Crippen LogP) is 5.16. The second-order valence-corrected chi connectivity index (χ2v) is 6.60. The van der Waals surface area contributed by atoms with E-state index in [0.29, 0.717) is 29.2 Å². The van der Waals surface area contributed by atoms with E-state index >= 15 is 0 Å². The van der Waals surface area contributed by atoms with Gasteiger partial charge in [-0.2, -0.15) is 0 Å². The van der Waals surface area contributed by atoms with E-state index in [0.717, 1.165) is 12.8 Å². The van der Waals surface area contributed by atoms with E-state index in [1.807, 2.05) is 0 Å². The Balaban J connectivity index is 2.04. The molecule has 0 aromatic carbocycles. The van der Waals surface area contributed by atoms with Crippen LogP contribution >= 0.6 is 11.9 Å². The Kier molecular flexibility index (Phi) is 10.2. The summed E-state index contributed by atoms with van der Waals surface area (Å²) in [5.74, 6) is 0.461. The molecule has 0 radical (unpaired) electrons. The third-order valence-corrected chi connectivity index (χ3v) is 4.20. The van der Waals surface area contributed by atoms with Crippen LogP contribution in [0.2, 0.25) is 0 Å². The number of hydrogen-bond donors (Lipinski definition) is 2. The number of anilines is 1. The van der Waals surface area contributed by atoms with Gasteiger partial charge >= 0.3 is 0 Å². The van der Waals surface area contributed by atoms with Crippen LogP contribution < -0.4 is 5.32 Å². The number of aromatic nitrogens is 1. The lowest BCUT2D eigenvalue weighted by molar-refractivity contribution is -0.284. The molecule has 1 rings (SSSR count). The fourth-order valence-electron chi connectivity index (χ4n) is 2.39. The van der Waals surface area contributed by atoms with Crippen molar-refractivity contribution < 1.29 is 9.12 Å². The first-order chi connectivity index (χ1) is 11.1. The number of unbranched alkanes of at least 4 members (excludes halogenated alkanes) is 8. The van der Waals surface area contributed by atoms with Crippen LogP contribution in [-0.4, -0.2) is 15.2 Å². The van der Waals surface area contributed by atoms with Crippen LogP contribution in [0.15, 0.2) is 17.2 Å². The Morgan fingerprint density at radius 2 is 1.74 bits per heavy atom. The quantitative estimate of drug-likeness (QED) is 0.224. The largest absolute Gasteiger partial charge is 0.331 e. The standard InChI is InChI=1S/C16H27N3O3S/c1-2-3-4-5-6-7-8-9-10-11-15(20)17-14-12-13-16(18-14)23-19(21)22/h12-13,18H,2-11H2,1H3,(H,17,20). The molecule has 2 N–H and O–H groups in total. The number of nitrogens with zero attached hydrogens (tertiary/aromatic N) is 1. The summed E-state index contributed by atoms with van der Waals surface area (Å²) in [6.07, 6.45) is 11.5. The monoisotopic (exact) mass is 341 g/mol. The van der Waals surface area contributed by atoms with Gasteiger partial charge in [0.1, 0.15) is 10.1 Å². The van der Waals surface area contributed by atoms with Gasteiger partial charge in [0.15, 0.2) is 5.03 Å². The van der Waals surface area contributed by atoms with Crippen molar-refractivity contribution in [2.24, 2.45) is 0 Å². The number of amides is 1. The highest BCUT2D eigenvalue weighted by molar-refractivity contribution is 7.93. The fraction of sp³-hybridized carbons (Fsp3) is 0.688. The molecule has 0 aliphatic heterocycles. The molecule has 0 saturated heterocycles. The zero-order chi connectivity index (χ0) is 16.9. The van der Waals surface area contributed by atoms with Gasteiger partial charge in [0, 0.05) is 6.42 Å². The number of rotatable bonds is 13. The van der Waals surface area contributed by atoms with Crippen molar-refractivity contribution in [3.63, 3.8) is 0 Å². The molecule has 0 fully saturated rings. The minimum atomic E-state index is -0.486. The Morgan fingerprint density at radius 3 is 2.35 bits per heavy atom. The molecule has 1 aromatic heterocycles. The minimum absolute atomic E-state index is 0.0487. The summed E-state index contributed by atoms with van der Waals surface area (Å²) in [7, 11) is 0. The molecule has 1 aromatic rings. The highest BCUT2D eigenvalue weighted by Gasteiger charge is 2.09. The molecule has 0 bridgehead atoms. The highest BCUT2D eigenvalue weighted by Crippen LogP contribution is 2.19. The van der Waals surface area contributed by atoms with Crippen LogP contribution in [0.5, 0.6) is 0 Å². The summed E-state index contributed by atoms with van der Waals surface area (Å²) in [5, 5.41) is 13.5. The van der Waals surface area contributed by atoms with Crippen molar-refractivity contribution in [3.05, 3.63) is 22.2 Å². The zero-order valence-corrected chi connectivity index (χ0v) is 14.6. The lowest BCUT2D eigenvalue weighted by atomic mass is 10.1. The van der Waals surface area contributed by atoms with Crippen LogP contribution in [-0.2, 0) is 4.79 Å². The summed E-state index contributed by atoms with van der Waals surface area (Å²) in [6, 6.07) is 3.22. The van der Waals surface area contributed by atoms with Gasteiger partial charge in [-0.15, -0.1) is 0 Å². The molecular weight excluding hydrogens is 314 g/mol. The molecule has 23 heavy (non-hydrogen) atoms. The molecule has 0 spiro atoms. The average Bonchev–Trinajstić information content (AvgIpc) is 2.91. The van der Waals surface area contributed by atoms with Gasteiger partial charge in [0.05, 0.1) is 0 Å². The Bertz CT molecular complexity index is 477. The summed E-state index contributed by atoms with van der Waals surface area (Å²) in [6.45, 7) is 2.22. The maximum absolute atomic E-state index is 11.8. The van der Waals surface area contributed by atoms with Gasteiger partial charge in [0.2, 0.25) is 5.91 Å². The van der Waals surface area contributed by atoms with Crippen LogP contribution in [0.3, 0.4) is 0 Å². The van der Waals surface area contributed by atoms with E-state index < -0.39 is 4.33 Å². The number of carbonyl (C=O) groups is 1. The maximum atomic E-state index is 11.8. The van der Waals surface area contributed by atoms with Crippen LogP contribution in [0.1, 0.15) is 71.1 Å². The molecule has 0 aliphatic carbocycles. The number of nitrogens with one attached hydrogen (secondary N) is 2. The molecule has 1 heterocycles. The summed E-state index contributed by atoms with van der Waals surface area (Å²) in [4.78, 5) is 24.9. The Labute approximate surface area is 142 Å². The Morgan fingerprint density at radius 1 is 1.13 bits per heavy atom. The van der Waals surface area contributed by atoms with Crippen molar-refractivity contribution in [1.29, 1.82) is 0 Å². The SMILES string of the molecule is CCCCCCCCCCCC(=O)Nc1ccc(S[N+](=O)[O-])[nH]1. The van der Waals surface area contributed by atoms with Crippen molar-refractivity contribution >= 4 is 23.7 Å². The minimum Gasteiger partial charge on any atom is -0.331 e. The van der Waals surface area contributed by atoms with Gasteiger partial charge in [0.25, 0.3) is 11.9 Å². The average molecular weight is 341 g/mol. The Hall–Kier alpha value is -1.50. The smallest absolute Gasteiger partial charge is 0.283 e. The van der Waals surface area contributed by atoms with Crippen molar-refractivity contribution in [3.8, 4) is 0 Å².